The predicted molar refractivity (Wildman–Crippen MR) is 84.2 cm³/mol. The molecule has 112 valence electrons. The number of rotatable bonds is 7. The van der Waals surface area contributed by atoms with E-state index in [0.717, 1.165) is 5.57 Å². The minimum Gasteiger partial charge on any atom is -0.467 e. The Bertz CT molecular complexity index is 603. The minimum atomic E-state index is -0.460. The van der Waals surface area contributed by atoms with Crippen LogP contribution >= 0.6 is 0 Å². The Labute approximate surface area is 124 Å². The molecule has 0 aliphatic carbocycles. The van der Waals surface area contributed by atoms with E-state index in [1.54, 1.807) is 12.1 Å². The second-order valence-electron chi connectivity index (χ2n) is 4.22. The van der Waals surface area contributed by atoms with Gasteiger partial charge in [0, 0.05) is 13.2 Å². The van der Waals surface area contributed by atoms with Crippen LogP contribution in [0.2, 0.25) is 0 Å². The van der Waals surface area contributed by atoms with Crippen LogP contribution in [0.15, 0.2) is 63.4 Å². The summed E-state index contributed by atoms with van der Waals surface area (Å²) in [6.07, 6.45) is 13.3. The first-order valence-corrected chi connectivity index (χ1v) is 6.57. The van der Waals surface area contributed by atoms with Gasteiger partial charge in [-0.1, -0.05) is 42.0 Å². The third-order valence-corrected chi connectivity index (χ3v) is 2.39. The topological polar surface area (TPSA) is 48.7 Å². The molecule has 0 aliphatic heterocycles. The standard InChI is InChI=1S/C17H20O4/c1-4-5-6-7-8-14(2)9-10-15-11-16(20-13-19-3)12-17(18)21-15/h4-12H,13H2,1-3H3/b5-4+,7-6+,10-9+,14-8+. The quantitative estimate of drug-likeness (QED) is 0.567. The van der Waals surface area contributed by atoms with Gasteiger partial charge in [-0.25, -0.2) is 4.79 Å². The van der Waals surface area contributed by atoms with Gasteiger partial charge in [0.05, 0.1) is 6.07 Å². The lowest BCUT2D eigenvalue weighted by molar-refractivity contribution is 0.0506. The fraction of sp³-hybridized carbons (Fsp3) is 0.235. The highest BCUT2D eigenvalue weighted by Crippen LogP contribution is 2.12. The number of ether oxygens (including phenoxy) is 2. The average Bonchev–Trinajstić information content (AvgIpc) is 2.47. The van der Waals surface area contributed by atoms with Gasteiger partial charge in [-0.05, 0) is 19.9 Å². The molecule has 21 heavy (non-hydrogen) atoms. The van der Waals surface area contributed by atoms with E-state index in [-0.39, 0.29) is 6.79 Å². The second-order valence-corrected chi connectivity index (χ2v) is 4.22. The van der Waals surface area contributed by atoms with Crippen LogP contribution in [-0.4, -0.2) is 13.9 Å². The summed E-state index contributed by atoms with van der Waals surface area (Å²) >= 11 is 0. The van der Waals surface area contributed by atoms with Crippen molar-refractivity contribution >= 4 is 6.08 Å². The summed E-state index contributed by atoms with van der Waals surface area (Å²) in [6, 6.07) is 2.92. The van der Waals surface area contributed by atoms with Crippen molar-refractivity contribution in [3.05, 3.63) is 70.3 Å². The fourth-order valence-corrected chi connectivity index (χ4v) is 1.42. The Kier molecular flexibility index (Phi) is 7.61. The van der Waals surface area contributed by atoms with Crippen LogP contribution in [0.5, 0.6) is 5.75 Å². The van der Waals surface area contributed by atoms with Crippen molar-refractivity contribution in [2.45, 2.75) is 13.8 Å². The summed E-state index contributed by atoms with van der Waals surface area (Å²) in [5, 5.41) is 0. The summed E-state index contributed by atoms with van der Waals surface area (Å²) < 4.78 is 15.1. The summed E-state index contributed by atoms with van der Waals surface area (Å²) in [5.74, 6) is 0.848. The van der Waals surface area contributed by atoms with Gasteiger partial charge in [-0.3, -0.25) is 0 Å². The first-order valence-electron chi connectivity index (χ1n) is 6.57. The molecule has 4 heteroatoms. The van der Waals surface area contributed by atoms with E-state index in [1.807, 2.05) is 50.3 Å². The molecule has 0 bridgehead atoms. The van der Waals surface area contributed by atoms with Gasteiger partial charge >= 0.3 is 5.63 Å². The van der Waals surface area contributed by atoms with Crippen molar-refractivity contribution in [3.8, 4) is 5.75 Å². The fourth-order valence-electron chi connectivity index (χ4n) is 1.42. The molecule has 1 rings (SSSR count). The van der Waals surface area contributed by atoms with Crippen molar-refractivity contribution in [1.82, 2.24) is 0 Å². The highest BCUT2D eigenvalue weighted by atomic mass is 16.7. The van der Waals surface area contributed by atoms with Gasteiger partial charge in [-0.15, -0.1) is 0 Å². The zero-order chi connectivity index (χ0) is 15.5. The first kappa shape index (κ1) is 16.7. The average molecular weight is 288 g/mol. The van der Waals surface area contributed by atoms with E-state index < -0.39 is 5.63 Å². The SMILES string of the molecule is C/C=C/C=C/C=C(C)/C=C/c1cc(OCOC)cc(=O)o1. The minimum absolute atomic E-state index is 0.0846. The van der Waals surface area contributed by atoms with Crippen LogP contribution < -0.4 is 10.4 Å². The molecule has 0 N–H and O–H groups in total. The Balaban J connectivity index is 2.79. The largest absolute Gasteiger partial charge is 0.467 e. The predicted octanol–water partition coefficient (Wildman–Crippen LogP) is 3.71. The Morgan fingerprint density at radius 3 is 2.81 bits per heavy atom. The maximum Gasteiger partial charge on any atom is 0.339 e. The maximum absolute atomic E-state index is 11.4. The number of allylic oxidation sites excluding steroid dienone is 7. The van der Waals surface area contributed by atoms with Crippen LogP contribution in [0.25, 0.3) is 6.08 Å². The molecular formula is C17H20O4. The van der Waals surface area contributed by atoms with Gasteiger partial charge < -0.3 is 13.9 Å². The van der Waals surface area contributed by atoms with E-state index >= 15 is 0 Å². The lowest BCUT2D eigenvalue weighted by atomic mass is 10.2. The van der Waals surface area contributed by atoms with Crippen molar-refractivity contribution in [2.24, 2.45) is 0 Å². The number of hydrogen-bond acceptors (Lipinski definition) is 4. The lowest BCUT2D eigenvalue weighted by Crippen LogP contribution is -2.04. The Morgan fingerprint density at radius 1 is 1.29 bits per heavy atom. The summed E-state index contributed by atoms with van der Waals surface area (Å²) in [6.45, 7) is 4.00. The molecule has 0 unspecified atom stereocenters. The van der Waals surface area contributed by atoms with E-state index in [0.29, 0.717) is 11.5 Å². The summed E-state index contributed by atoms with van der Waals surface area (Å²) in [4.78, 5) is 11.4. The third-order valence-electron chi connectivity index (χ3n) is 2.39. The molecule has 0 atom stereocenters. The molecule has 0 fully saturated rings. The van der Waals surface area contributed by atoms with E-state index in [9.17, 15) is 4.79 Å². The second kappa shape index (κ2) is 9.55. The summed E-state index contributed by atoms with van der Waals surface area (Å²) in [7, 11) is 1.52. The number of methoxy groups -OCH3 is 1. The molecule has 4 nitrogen and oxygen atoms in total. The van der Waals surface area contributed by atoms with Gasteiger partial charge in [0.1, 0.15) is 11.5 Å². The van der Waals surface area contributed by atoms with Crippen molar-refractivity contribution in [2.75, 3.05) is 13.9 Å². The lowest BCUT2D eigenvalue weighted by Gasteiger charge is -2.03. The molecule has 0 radical (unpaired) electrons. The van der Waals surface area contributed by atoms with Crippen LogP contribution in [0.4, 0.5) is 0 Å². The monoisotopic (exact) mass is 288 g/mol. The molecule has 0 aromatic carbocycles. The van der Waals surface area contributed by atoms with E-state index in [2.05, 4.69) is 0 Å². The van der Waals surface area contributed by atoms with Crippen LogP contribution in [-0.2, 0) is 4.74 Å². The molecule has 0 saturated heterocycles. The highest BCUT2D eigenvalue weighted by molar-refractivity contribution is 5.49. The molecule has 1 heterocycles. The van der Waals surface area contributed by atoms with Gasteiger partial charge in [-0.2, -0.15) is 0 Å². The van der Waals surface area contributed by atoms with Crippen molar-refractivity contribution < 1.29 is 13.9 Å². The Morgan fingerprint density at radius 2 is 2.10 bits per heavy atom. The van der Waals surface area contributed by atoms with Gasteiger partial charge in [0.2, 0.25) is 0 Å². The van der Waals surface area contributed by atoms with Gasteiger partial charge in [0.15, 0.2) is 6.79 Å². The molecule has 0 amide bonds. The van der Waals surface area contributed by atoms with E-state index in [1.165, 1.54) is 13.2 Å². The molecule has 0 aliphatic rings. The maximum atomic E-state index is 11.4. The third kappa shape index (κ3) is 7.13. The van der Waals surface area contributed by atoms with E-state index in [4.69, 9.17) is 13.9 Å². The smallest absolute Gasteiger partial charge is 0.339 e. The van der Waals surface area contributed by atoms with Gasteiger partial charge in [0.25, 0.3) is 0 Å². The van der Waals surface area contributed by atoms with Crippen molar-refractivity contribution in [3.63, 3.8) is 0 Å². The molecule has 1 aromatic heterocycles. The van der Waals surface area contributed by atoms with Crippen molar-refractivity contribution in [1.29, 1.82) is 0 Å². The molecular weight excluding hydrogens is 268 g/mol. The van der Waals surface area contributed by atoms with Crippen LogP contribution in [0.1, 0.15) is 19.6 Å². The first-order chi connectivity index (χ1) is 10.2. The highest BCUT2D eigenvalue weighted by Gasteiger charge is 2.00. The summed E-state index contributed by atoms with van der Waals surface area (Å²) in [5.41, 5.74) is 0.569. The molecule has 0 saturated carbocycles. The van der Waals surface area contributed by atoms with Crippen LogP contribution in [0, 0.1) is 0 Å². The Hall–Kier alpha value is -2.33. The number of hydrogen-bond donors (Lipinski definition) is 0. The molecule has 1 aromatic rings. The van der Waals surface area contributed by atoms with Crippen LogP contribution in [0.3, 0.4) is 0 Å². The zero-order valence-corrected chi connectivity index (χ0v) is 12.5. The normalized spacial score (nSPS) is 12.8. The zero-order valence-electron chi connectivity index (χ0n) is 12.5. The molecule has 0 spiro atoms.